The van der Waals surface area contributed by atoms with Gasteiger partial charge in [-0.15, -0.1) is 0 Å². The Balaban J connectivity index is 1.85. The van der Waals surface area contributed by atoms with Gasteiger partial charge < -0.3 is 10.1 Å². The van der Waals surface area contributed by atoms with E-state index in [-0.39, 0.29) is 6.10 Å². The summed E-state index contributed by atoms with van der Waals surface area (Å²) in [7, 11) is 0. The zero-order valence-electron chi connectivity index (χ0n) is 10.6. The van der Waals surface area contributed by atoms with Crippen molar-refractivity contribution in [2.24, 2.45) is 0 Å². The number of hydrogen-bond acceptors (Lipinski definition) is 5. The highest BCUT2D eigenvalue weighted by atomic mass is 16.5. The van der Waals surface area contributed by atoms with Crippen molar-refractivity contribution < 1.29 is 4.74 Å². The number of anilines is 1. The summed E-state index contributed by atoms with van der Waals surface area (Å²) in [5.74, 6) is 1.34. The summed E-state index contributed by atoms with van der Waals surface area (Å²) >= 11 is 0. The summed E-state index contributed by atoms with van der Waals surface area (Å²) in [6.07, 6.45) is 5.29. The zero-order chi connectivity index (χ0) is 12.8. The van der Waals surface area contributed by atoms with Crippen LogP contribution < -0.4 is 10.1 Å². The van der Waals surface area contributed by atoms with Crippen molar-refractivity contribution in [2.75, 3.05) is 11.9 Å². The highest BCUT2D eigenvalue weighted by Crippen LogP contribution is 2.12. The van der Waals surface area contributed by atoms with Crippen LogP contribution in [0.3, 0.4) is 0 Å². The van der Waals surface area contributed by atoms with Gasteiger partial charge >= 0.3 is 0 Å². The average molecular weight is 247 g/mol. The number of nitrogens with zero attached hydrogens (tertiary/aromatic N) is 4. The third-order valence-corrected chi connectivity index (χ3v) is 2.20. The second kappa shape index (κ2) is 6.00. The van der Waals surface area contributed by atoms with Crippen LogP contribution in [0.25, 0.3) is 0 Å². The summed E-state index contributed by atoms with van der Waals surface area (Å²) in [5, 5.41) is 7.33. The molecular formula is C12H17N5O. The van der Waals surface area contributed by atoms with E-state index in [4.69, 9.17) is 4.74 Å². The van der Waals surface area contributed by atoms with Gasteiger partial charge in [0.1, 0.15) is 12.1 Å². The molecule has 0 spiro atoms. The summed E-state index contributed by atoms with van der Waals surface area (Å²) in [6.45, 7) is 5.47. The maximum absolute atomic E-state index is 5.50. The molecule has 96 valence electrons. The number of rotatable bonds is 6. The first-order chi connectivity index (χ1) is 8.74. The Labute approximate surface area is 106 Å². The van der Waals surface area contributed by atoms with E-state index in [2.05, 4.69) is 20.4 Å². The third-order valence-electron chi connectivity index (χ3n) is 2.20. The predicted molar refractivity (Wildman–Crippen MR) is 68.5 cm³/mol. The van der Waals surface area contributed by atoms with Crippen LogP contribution in [-0.2, 0) is 6.54 Å². The molecule has 0 atom stereocenters. The fourth-order valence-electron chi connectivity index (χ4n) is 1.47. The quantitative estimate of drug-likeness (QED) is 0.839. The minimum atomic E-state index is 0.108. The lowest BCUT2D eigenvalue weighted by Gasteiger charge is -2.10. The minimum Gasteiger partial charge on any atom is -0.475 e. The number of aromatic nitrogens is 4. The molecule has 0 unspecified atom stereocenters. The highest BCUT2D eigenvalue weighted by Gasteiger charge is 2.01. The molecule has 6 nitrogen and oxygen atoms in total. The van der Waals surface area contributed by atoms with Crippen LogP contribution in [-0.4, -0.2) is 32.4 Å². The first-order valence-electron chi connectivity index (χ1n) is 5.94. The Morgan fingerprint density at radius 3 is 3.00 bits per heavy atom. The van der Waals surface area contributed by atoms with Crippen LogP contribution in [0.4, 0.5) is 5.82 Å². The van der Waals surface area contributed by atoms with E-state index in [1.54, 1.807) is 12.3 Å². The Hall–Kier alpha value is -2.11. The van der Waals surface area contributed by atoms with E-state index in [1.165, 1.54) is 6.33 Å². The van der Waals surface area contributed by atoms with E-state index in [9.17, 15) is 0 Å². The molecule has 2 rings (SSSR count). The molecule has 1 N–H and O–H groups in total. The van der Waals surface area contributed by atoms with Gasteiger partial charge in [0, 0.05) is 25.0 Å². The van der Waals surface area contributed by atoms with E-state index < -0.39 is 0 Å². The standard InChI is InChI=1S/C12H17N5O/c1-10(2)18-12-8-11(14-9-15-12)13-5-7-17-6-3-4-16-17/h3-4,6,8-10H,5,7H2,1-2H3,(H,13,14,15). The zero-order valence-corrected chi connectivity index (χ0v) is 10.6. The molecule has 0 saturated carbocycles. The Kier molecular flexibility index (Phi) is 4.11. The fourth-order valence-corrected chi connectivity index (χ4v) is 1.47. The maximum atomic E-state index is 5.50. The fraction of sp³-hybridized carbons (Fsp3) is 0.417. The van der Waals surface area contributed by atoms with Crippen molar-refractivity contribution in [3.63, 3.8) is 0 Å². The van der Waals surface area contributed by atoms with Gasteiger partial charge in [0.25, 0.3) is 0 Å². The summed E-state index contributed by atoms with van der Waals surface area (Å²) < 4.78 is 7.36. The molecule has 0 aliphatic carbocycles. The van der Waals surface area contributed by atoms with Crippen LogP contribution in [0.2, 0.25) is 0 Å². The smallest absolute Gasteiger partial charge is 0.218 e. The lowest BCUT2D eigenvalue weighted by atomic mass is 10.4. The van der Waals surface area contributed by atoms with Crippen LogP contribution in [0.15, 0.2) is 30.9 Å². The first kappa shape index (κ1) is 12.3. The Morgan fingerprint density at radius 1 is 1.39 bits per heavy atom. The Morgan fingerprint density at radius 2 is 2.28 bits per heavy atom. The van der Waals surface area contributed by atoms with E-state index in [1.807, 2.05) is 30.8 Å². The molecule has 0 radical (unpaired) electrons. The van der Waals surface area contributed by atoms with Crippen molar-refractivity contribution >= 4 is 5.82 Å². The lowest BCUT2D eigenvalue weighted by molar-refractivity contribution is 0.232. The van der Waals surface area contributed by atoms with Gasteiger partial charge in [-0.2, -0.15) is 5.10 Å². The third kappa shape index (κ3) is 3.73. The van der Waals surface area contributed by atoms with Crippen molar-refractivity contribution in [2.45, 2.75) is 26.5 Å². The Bertz CT molecular complexity index is 469. The number of hydrogen-bond donors (Lipinski definition) is 1. The molecule has 0 aromatic carbocycles. The number of nitrogens with one attached hydrogen (secondary N) is 1. The molecule has 2 heterocycles. The van der Waals surface area contributed by atoms with Gasteiger partial charge in [0.15, 0.2) is 0 Å². The maximum Gasteiger partial charge on any atom is 0.218 e. The van der Waals surface area contributed by atoms with Crippen molar-refractivity contribution in [3.8, 4) is 5.88 Å². The second-order valence-electron chi connectivity index (χ2n) is 4.10. The molecule has 0 amide bonds. The van der Waals surface area contributed by atoms with Crippen LogP contribution >= 0.6 is 0 Å². The van der Waals surface area contributed by atoms with Gasteiger partial charge in [-0.05, 0) is 19.9 Å². The van der Waals surface area contributed by atoms with E-state index >= 15 is 0 Å². The molecule has 2 aromatic heterocycles. The molecule has 0 aliphatic rings. The monoisotopic (exact) mass is 247 g/mol. The molecule has 18 heavy (non-hydrogen) atoms. The minimum absolute atomic E-state index is 0.108. The second-order valence-corrected chi connectivity index (χ2v) is 4.10. The molecule has 0 aliphatic heterocycles. The molecule has 0 bridgehead atoms. The molecule has 0 saturated heterocycles. The predicted octanol–water partition coefficient (Wildman–Crippen LogP) is 1.57. The van der Waals surface area contributed by atoms with Crippen LogP contribution in [0, 0.1) is 0 Å². The van der Waals surface area contributed by atoms with Crippen molar-refractivity contribution in [1.82, 2.24) is 19.7 Å². The van der Waals surface area contributed by atoms with Gasteiger partial charge in [0.05, 0.1) is 12.6 Å². The van der Waals surface area contributed by atoms with Crippen LogP contribution in [0.1, 0.15) is 13.8 Å². The van der Waals surface area contributed by atoms with E-state index in [0.717, 1.165) is 18.9 Å². The largest absolute Gasteiger partial charge is 0.475 e. The summed E-state index contributed by atoms with van der Waals surface area (Å²) in [4.78, 5) is 8.18. The normalized spacial score (nSPS) is 10.6. The molecule has 6 heteroatoms. The summed E-state index contributed by atoms with van der Waals surface area (Å²) in [6, 6.07) is 3.70. The van der Waals surface area contributed by atoms with Crippen molar-refractivity contribution in [1.29, 1.82) is 0 Å². The molecule has 0 fully saturated rings. The first-order valence-corrected chi connectivity index (χ1v) is 5.94. The van der Waals surface area contributed by atoms with Crippen molar-refractivity contribution in [3.05, 3.63) is 30.9 Å². The summed E-state index contributed by atoms with van der Waals surface area (Å²) in [5.41, 5.74) is 0. The van der Waals surface area contributed by atoms with Gasteiger partial charge in [-0.25, -0.2) is 9.97 Å². The molecular weight excluding hydrogens is 230 g/mol. The van der Waals surface area contributed by atoms with E-state index in [0.29, 0.717) is 5.88 Å². The van der Waals surface area contributed by atoms with Gasteiger partial charge in [0.2, 0.25) is 5.88 Å². The highest BCUT2D eigenvalue weighted by molar-refractivity contribution is 5.36. The average Bonchev–Trinajstić information content (AvgIpc) is 2.82. The SMILES string of the molecule is CC(C)Oc1cc(NCCn2cccn2)ncn1. The number of ether oxygens (including phenoxy) is 1. The van der Waals surface area contributed by atoms with Gasteiger partial charge in [-0.3, -0.25) is 4.68 Å². The molecule has 2 aromatic rings. The van der Waals surface area contributed by atoms with Gasteiger partial charge in [-0.1, -0.05) is 0 Å². The lowest BCUT2D eigenvalue weighted by Crippen LogP contribution is -2.12. The topological polar surface area (TPSA) is 64.9 Å². The van der Waals surface area contributed by atoms with Crippen LogP contribution in [0.5, 0.6) is 5.88 Å².